The summed E-state index contributed by atoms with van der Waals surface area (Å²) in [7, 11) is 0. The van der Waals surface area contributed by atoms with Crippen LogP contribution >= 0.6 is 0 Å². The number of carbonyl (C=O) groups is 1. The largest absolute Gasteiger partial charge is 0.289 e. The van der Waals surface area contributed by atoms with Crippen molar-refractivity contribution in [2.24, 2.45) is 0 Å². The van der Waals surface area contributed by atoms with Crippen molar-refractivity contribution in [3.63, 3.8) is 0 Å². The van der Waals surface area contributed by atoms with E-state index in [4.69, 9.17) is 0 Å². The Morgan fingerprint density at radius 1 is 1.06 bits per heavy atom. The van der Waals surface area contributed by atoms with Gasteiger partial charge in [0, 0.05) is 11.8 Å². The van der Waals surface area contributed by atoms with Crippen LogP contribution < -0.4 is 0 Å². The highest BCUT2D eigenvalue weighted by Crippen LogP contribution is 2.11. The van der Waals surface area contributed by atoms with E-state index in [2.05, 4.69) is 4.98 Å². The fraction of sp³-hybridized carbons (Fsp3) is 0. The number of aromatic nitrogens is 1. The van der Waals surface area contributed by atoms with Gasteiger partial charge >= 0.3 is 0 Å². The normalized spacial score (nSPS) is 9.75. The molecular weight excluding hydrogens is 202 g/mol. The number of rotatable bonds is 3. The van der Waals surface area contributed by atoms with Crippen LogP contribution in [-0.2, 0) is 4.79 Å². The average molecular weight is 210 g/mol. The van der Waals surface area contributed by atoms with Gasteiger partial charge in [0.2, 0.25) is 0 Å². The Morgan fingerprint density at radius 3 is 2.50 bits per heavy atom. The van der Waals surface area contributed by atoms with Gasteiger partial charge in [-0.1, -0.05) is 30.3 Å². The lowest BCUT2D eigenvalue weighted by molar-refractivity contribution is 0.103. The Balaban J connectivity index is 2.46. The molecule has 1 heterocycles. The van der Waals surface area contributed by atoms with E-state index in [1.165, 1.54) is 6.20 Å². The minimum absolute atomic E-state index is 0.0522. The van der Waals surface area contributed by atoms with Crippen LogP contribution in [0.2, 0.25) is 0 Å². The first kappa shape index (κ1) is 10.2. The summed E-state index contributed by atoms with van der Waals surface area (Å²) in [4.78, 5) is 26.4. The van der Waals surface area contributed by atoms with E-state index in [-0.39, 0.29) is 17.0 Å². The molecule has 3 nitrogen and oxygen atoms in total. The highest BCUT2D eigenvalue weighted by molar-refractivity contribution is 6.12. The van der Waals surface area contributed by atoms with Crippen LogP contribution in [0.4, 0.5) is 0 Å². The lowest BCUT2D eigenvalue weighted by atomic mass is 10.0. The molecule has 0 amide bonds. The molecule has 0 unspecified atom stereocenters. The molecule has 16 heavy (non-hydrogen) atoms. The van der Waals surface area contributed by atoms with Crippen LogP contribution in [0.5, 0.6) is 0 Å². The lowest BCUT2D eigenvalue weighted by Gasteiger charge is -2.01. The maximum Gasteiger partial charge on any atom is 0.254 e. The van der Waals surface area contributed by atoms with Crippen molar-refractivity contribution in [1.29, 1.82) is 0 Å². The summed E-state index contributed by atoms with van der Waals surface area (Å²) in [6.45, 7) is 0. The number of benzene rings is 1. The van der Waals surface area contributed by atoms with E-state index in [0.29, 0.717) is 5.56 Å². The quantitative estimate of drug-likeness (QED) is 0.725. The van der Waals surface area contributed by atoms with Crippen LogP contribution in [0.15, 0.2) is 48.7 Å². The van der Waals surface area contributed by atoms with Crippen molar-refractivity contribution < 1.29 is 9.59 Å². The molecule has 0 aliphatic rings. The van der Waals surface area contributed by atoms with Crippen molar-refractivity contribution in [2.45, 2.75) is 0 Å². The first-order chi connectivity index (χ1) is 7.83. The predicted molar refractivity (Wildman–Crippen MR) is 58.9 cm³/mol. The first-order valence-electron chi connectivity index (χ1n) is 4.76. The maximum absolute atomic E-state index is 12.0. The second-order valence-corrected chi connectivity index (χ2v) is 3.20. The topological polar surface area (TPSA) is 47.0 Å². The van der Waals surface area contributed by atoms with Gasteiger partial charge in [0.25, 0.3) is 6.29 Å². The number of nitrogens with zero attached hydrogens (tertiary/aromatic N) is 1. The SMILES string of the molecule is O=[C]c1ncccc1C(=O)c1ccccc1. The number of ketones is 1. The van der Waals surface area contributed by atoms with Crippen LogP contribution in [0.25, 0.3) is 0 Å². The van der Waals surface area contributed by atoms with E-state index < -0.39 is 0 Å². The number of carbonyl (C=O) groups excluding carboxylic acids is 2. The van der Waals surface area contributed by atoms with E-state index in [0.717, 1.165) is 0 Å². The van der Waals surface area contributed by atoms with Gasteiger partial charge in [0.05, 0.1) is 5.56 Å². The molecule has 1 radical (unpaired) electrons. The third-order valence-electron chi connectivity index (χ3n) is 2.18. The van der Waals surface area contributed by atoms with Crippen LogP contribution in [0.3, 0.4) is 0 Å². The Labute approximate surface area is 92.8 Å². The average Bonchev–Trinajstić information content (AvgIpc) is 2.39. The zero-order valence-electron chi connectivity index (χ0n) is 8.38. The van der Waals surface area contributed by atoms with Gasteiger partial charge in [-0.3, -0.25) is 14.6 Å². The molecular formula is C13H8NO2. The Morgan fingerprint density at radius 2 is 1.81 bits per heavy atom. The summed E-state index contributed by atoms with van der Waals surface area (Å²) in [5.74, 6) is -0.216. The standard InChI is InChI=1S/C13H8NO2/c15-9-12-11(7-4-8-14-12)13(16)10-5-2-1-3-6-10/h1-8H. The minimum atomic E-state index is -0.216. The van der Waals surface area contributed by atoms with Gasteiger partial charge in [-0.25, -0.2) is 0 Å². The molecule has 0 N–H and O–H groups in total. The molecule has 0 spiro atoms. The Bertz CT molecular complexity index is 520. The fourth-order valence-corrected chi connectivity index (χ4v) is 1.41. The minimum Gasteiger partial charge on any atom is -0.289 e. The van der Waals surface area contributed by atoms with Crippen molar-refractivity contribution >= 4 is 12.1 Å². The predicted octanol–water partition coefficient (Wildman–Crippen LogP) is 1.77. The van der Waals surface area contributed by atoms with E-state index in [1.54, 1.807) is 42.7 Å². The van der Waals surface area contributed by atoms with Gasteiger partial charge in [-0.2, -0.15) is 0 Å². The van der Waals surface area contributed by atoms with Gasteiger partial charge in [0.15, 0.2) is 5.78 Å². The van der Waals surface area contributed by atoms with Crippen molar-refractivity contribution in [1.82, 2.24) is 4.98 Å². The highest BCUT2D eigenvalue weighted by atomic mass is 16.1. The summed E-state index contributed by atoms with van der Waals surface area (Å²) in [5.41, 5.74) is 0.868. The Kier molecular flexibility index (Phi) is 2.87. The van der Waals surface area contributed by atoms with Gasteiger partial charge in [-0.15, -0.1) is 0 Å². The molecule has 0 bridgehead atoms. The molecule has 3 heteroatoms. The summed E-state index contributed by atoms with van der Waals surface area (Å²) >= 11 is 0. The molecule has 0 aliphatic heterocycles. The molecule has 1 aromatic carbocycles. The second kappa shape index (κ2) is 4.49. The van der Waals surface area contributed by atoms with Crippen molar-refractivity contribution in [3.05, 3.63) is 65.5 Å². The zero-order valence-corrected chi connectivity index (χ0v) is 8.38. The summed E-state index contributed by atoms with van der Waals surface area (Å²) < 4.78 is 0. The number of hydrogen-bond donors (Lipinski definition) is 0. The van der Waals surface area contributed by atoms with Gasteiger partial charge < -0.3 is 0 Å². The van der Waals surface area contributed by atoms with Crippen molar-refractivity contribution in [2.75, 3.05) is 0 Å². The molecule has 0 saturated carbocycles. The van der Waals surface area contributed by atoms with Crippen LogP contribution in [-0.4, -0.2) is 17.1 Å². The monoisotopic (exact) mass is 210 g/mol. The smallest absolute Gasteiger partial charge is 0.254 e. The molecule has 1 aromatic heterocycles. The maximum atomic E-state index is 12.0. The molecule has 2 aromatic rings. The van der Waals surface area contributed by atoms with Crippen LogP contribution in [0, 0.1) is 0 Å². The molecule has 2 rings (SSSR count). The third kappa shape index (κ3) is 1.88. The summed E-state index contributed by atoms with van der Waals surface area (Å²) in [5, 5.41) is 0. The van der Waals surface area contributed by atoms with Gasteiger partial charge in [-0.05, 0) is 12.1 Å². The van der Waals surface area contributed by atoms with E-state index in [1.807, 2.05) is 6.07 Å². The molecule has 0 aliphatic carbocycles. The summed E-state index contributed by atoms with van der Waals surface area (Å²) in [6, 6.07) is 12.0. The number of hydrogen-bond acceptors (Lipinski definition) is 3. The van der Waals surface area contributed by atoms with E-state index in [9.17, 15) is 9.59 Å². The molecule has 0 fully saturated rings. The number of pyridine rings is 1. The zero-order chi connectivity index (χ0) is 11.4. The Hall–Kier alpha value is -2.29. The molecule has 77 valence electrons. The fourth-order valence-electron chi connectivity index (χ4n) is 1.41. The molecule has 0 atom stereocenters. The lowest BCUT2D eigenvalue weighted by Crippen LogP contribution is -2.06. The molecule has 0 saturated heterocycles. The van der Waals surface area contributed by atoms with Crippen LogP contribution in [0.1, 0.15) is 21.6 Å². The summed E-state index contributed by atoms with van der Waals surface area (Å²) in [6.07, 6.45) is 3.12. The second-order valence-electron chi connectivity index (χ2n) is 3.20. The van der Waals surface area contributed by atoms with E-state index >= 15 is 0 Å². The van der Waals surface area contributed by atoms with Crippen molar-refractivity contribution in [3.8, 4) is 0 Å². The first-order valence-corrected chi connectivity index (χ1v) is 4.76. The highest BCUT2D eigenvalue weighted by Gasteiger charge is 2.13. The van der Waals surface area contributed by atoms with Gasteiger partial charge in [0.1, 0.15) is 5.69 Å². The third-order valence-corrected chi connectivity index (χ3v) is 2.18.